The zero-order valence-corrected chi connectivity index (χ0v) is 19.3. The fraction of sp³-hybridized carbons (Fsp3) is 0.111. The van der Waals surface area contributed by atoms with E-state index >= 15 is 0 Å². The number of phenolic OH excluding ortho intramolecular Hbond substituents is 2. The number of phenols is 2. The van der Waals surface area contributed by atoms with E-state index in [0.717, 1.165) is 12.8 Å². The minimum absolute atomic E-state index is 0.0973. The standard InChI is InChI=1S/C27H24N6O3/c28-25-23(27(36)29-14-6-9-17-7-2-1-3-8-17)24-26(32-20-11-5-4-10-19(20)31-24)33(25)30-16-18-12-13-21(34)22(35)15-18/h1-5,7-8,10-13,15-16,34-35H,6,9,14,28H2,(H,29,36). The van der Waals surface area contributed by atoms with Crippen LogP contribution in [-0.2, 0) is 6.42 Å². The lowest BCUT2D eigenvalue weighted by Crippen LogP contribution is -2.25. The maximum Gasteiger partial charge on any atom is 0.257 e. The number of hydrogen-bond donors (Lipinski definition) is 4. The molecule has 180 valence electrons. The first-order chi connectivity index (χ1) is 17.5. The number of carbonyl (C=O) groups excluding carboxylic acids is 1. The van der Waals surface area contributed by atoms with E-state index in [2.05, 4.69) is 32.5 Å². The molecule has 0 bridgehead atoms. The molecule has 0 spiro atoms. The molecule has 5 aromatic rings. The highest BCUT2D eigenvalue weighted by molar-refractivity contribution is 6.10. The SMILES string of the molecule is Nc1c(C(=O)NCCCc2ccccc2)c2nc3ccccc3nc2n1N=Cc1ccc(O)c(O)c1. The first-order valence-corrected chi connectivity index (χ1v) is 11.5. The molecular formula is C27H24N6O3. The van der Waals surface area contributed by atoms with Crippen LogP contribution in [0.2, 0.25) is 0 Å². The summed E-state index contributed by atoms with van der Waals surface area (Å²) in [6.45, 7) is 0.469. The van der Waals surface area contributed by atoms with Gasteiger partial charge in [-0.3, -0.25) is 4.79 Å². The summed E-state index contributed by atoms with van der Waals surface area (Å²) < 4.78 is 1.36. The monoisotopic (exact) mass is 480 g/mol. The molecular weight excluding hydrogens is 456 g/mol. The van der Waals surface area contributed by atoms with Gasteiger partial charge in [0.1, 0.15) is 16.9 Å². The average Bonchev–Trinajstić information content (AvgIpc) is 3.16. The second-order valence-corrected chi connectivity index (χ2v) is 8.29. The van der Waals surface area contributed by atoms with E-state index in [0.29, 0.717) is 34.3 Å². The molecule has 36 heavy (non-hydrogen) atoms. The second kappa shape index (κ2) is 9.75. The van der Waals surface area contributed by atoms with Crippen LogP contribution in [0.5, 0.6) is 11.5 Å². The van der Waals surface area contributed by atoms with Gasteiger partial charge in [0.05, 0.1) is 17.2 Å². The first-order valence-electron chi connectivity index (χ1n) is 11.5. The largest absolute Gasteiger partial charge is 0.504 e. The van der Waals surface area contributed by atoms with Crippen molar-refractivity contribution in [3.05, 3.63) is 89.5 Å². The summed E-state index contributed by atoms with van der Waals surface area (Å²) in [4.78, 5) is 22.5. The summed E-state index contributed by atoms with van der Waals surface area (Å²) in [5.41, 5.74) is 10.3. The molecule has 0 aliphatic rings. The normalized spacial score (nSPS) is 11.4. The van der Waals surface area contributed by atoms with Gasteiger partial charge in [-0.1, -0.05) is 42.5 Å². The lowest BCUT2D eigenvalue weighted by Gasteiger charge is -2.06. The molecule has 0 saturated heterocycles. The Morgan fingerprint density at radius 3 is 2.44 bits per heavy atom. The number of amides is 1. The number of nitrogens with zero attached hydrogens (tertiary/aromatic N) is 4. The number of benzene rings is 3. The Balaban J connectivity index is 1.48. The molecule has 5 N–H and O–H groups in total. The van der Waals surface area contributed by atoms with Crippen LogP contribution in [0.15, 0.2) is 77.9 Å². The second-order valence-electron chi connectivity index (χ2n) is 8.29. The predicted molar refractivity (Wildman–Crippen MR) is 139 cm³/mol. The van der Waals surface area contributed by atoms with Crippen LogP contribution in [0.25, 0.3) is 22.2 Å². The summed E-state index contributed by atoms with van der Waals surface area (Å²) in [6, 6.07) is 21.7. The highest BCUT2D eigenvalue weighted by Gasteiger charge is 2.23. The zero-order valence-electron chi connectivity index (χ0n) is 19.3. The number of carbonyl (C=O) groups is 1. The van der Waals surface area contributed by atoms with Crippen molar-refractivity contribution in [1.82, 2.24) is 20.0 Å². The number of aryl methyl sites for hydroxylation is 1. The van der Waals surface area contributed by atoms with E-state index in [4.69, 9.17) is 5.73 Å². The molecule has 2 heterocycles. The smallest absolute Gasteiger partial charge is 0.257 e. The summed E-state index contributed by atoms with van der Waals surface area (Å²) in [5, 5.41) is 26.7. The number of nitrogens with two attached hydrogens (primary N) is 1. The predicted octanol–water partition coefficient (Wildman–Crippen LogP) is 3.82. The Bertz CT molecular complexity index is 1590. The molecule has 9 heteroatoms. The number of aromatic hydroxyl groups is 2. The number of fused-ring (bicyclic) bond motifs is 2. The number of nitrogen functional groups attached to an aromatic ring is 1. The number of nitrogens with one attached hydrogen (secondary N) is 1. The summed E-state index contributed by atoms with van der Waals surface area (Å²) in [5.74, 6) is -0.765. The van der Waals surface area contributed by atoms with Crippen molar-refractivity contribution in [2.75, 3.05) is 12.3 Å². The molecule has 0 radical (unpaired) electrons. The number of rotatable bonds is 7. The van der Waals surface area contributed by atoms with Crippen molar-refractivity contribution >= 4 is 40.1 Å². The Morgan fingerprint density at radius 2 is 1.69 bits per heavy atom. The van der Waals surface area contributed by atoms with Crippen LogP contribution in [0.1, 0.15) is 27.9 Å². The van der Waals surface area contributed by atoms with Gasteiger partial charge in [0.15, 0.2) is 17.1 Å². The maximum absolute atomic E-state index is 13.2. The van der Waals surface area contributed by atoms with Crippen molar-refractivity contribution in [1.29, 1.82) is 0 Å². The van der Waals surface area contributed by atoms with Gasteiger partial charge in [-0.25, -0.2) is 9.97 Å². The summed E-state index contributed by atoms with van der Waals surface area (Å²) >= 11 is 0. The molecule has 0 aliphatic heterocycles. The molecule has 0 saturated carbocycles. The number of aromatic nitrogens is 3. The van der Waals surface area contributed by atoms with Crippen molar-refractivity contribution in [2.45, 2.75) is 12.8 Å². The lowest BCUT2D eigenvalue weighted by atomic mass is 10.1. The Hall–Kier alpha value is -4.92. The van der Waals surface area contributed by atoms with Crippen LogP contribution >= 0.6 is 0 Å². The minimum Gasteiger partial charge on any atom is -0.504 e. The maximum atomic E-state index is 13.2. The first kappa shape index (κ1) is 22.9. The van der Waals surface area contributed by atoms with E-state index in [1.54, 1.807) is 6.07 Å². The van der Waals surface area contributed by atoms with E-state index < -0.39 is 0 Å². The molecule has 5 rings (SSSR count). The Kier molecular flexibility index (Phi) is 6.19. The molecule has 0 aliphatic carbocycles. The number of anilines is 1. The topological polar surface area (TPSA) is 139 Å². The van der Waals surface area contributed by atoms with Crippen molar-refractivity contribution < 1.29 is 15.0 Å². The highest BCUT2D eigenvalue weighted by Crippen LogP contribution is 2.28. The van der Waals surface area contributed by atoms with Gasteiger partial charge < -0.3 is 21.3 Å². The molecule has 0 atom stereocenters. The molecule has 0 unspecified atom stereocenters. The van der Waals surface area contributed by atoms with Crippen molar-refractivity contribution in [2.24, 2.45) is 5.10 Å². The third-order valence-electron chi connectivity index (χ3n) is 5.79. The van der Waals surface area contributed by atoms with E-state index in [9.17, 15) is 15.0 Å². The highest BCUT2D eigenvalue weighted by atomic mass is 16.3. The average molecular weight is 481 g/mol. The number of para-hydroxylation sites is 2. The fourth-order valence-electron chi connectivity index (χ4n) is 3.96. The summed E-state index contributed by atoms with van der Waals surface area (Å²) in [7, 11) is 0. The van der Waals surface area contributed by atoms with Crippen molar-refractivity contribution in [3.8, 4) is 11.5 Å². The summed E-state index contributed by atoms with van der Waals surface area (Å²) in [6.07, 6.45) is 3.06. The third kappa shape index (κ3) is 4.54. The minimum atomic E-state index is -0.355. The Morgan fingerprint density at radius 1 is 0.972 bits per heavy atom. The van der Waals surface area contributed by atoms with Crippen LogP contribution in [0.3, 0.4) is 0 Å². The van der Waals surface area contributed by atoms with Gasteiger partial charge >= 0.3 is 0 Å². The molecule has 1 amide bonds. The van der Waals surface area contributed by atoms with Crippen LogP contribution in [0.4, 0.5) is 5.82 Å². The van der Waals surface area contributed by atoms with E-state index in [1.165, 1.54) is 28.6 Å². The van der Waals surface area contributed by atoms with Gasteiger partial charge in [-0.05, 0) is 54.3 Å². The molecule has 3 aromatic carbocycles. The molecule has 9 nitrogen and oxygen atoms in total. The van der Waals surface area contributed by atoms with Gasteiger partial charge in [0, 0.05) is 6.54 Å². The van der Waals surface area contributed by atoms with Crippen LogP contribution < -0.4 is 11.1 Å². The van der Waals surface area contributed by atoms with Gasteiger partial charge in [-0.2, -0.15) is 9.78 Å². The van der Waals surface area contributed by atoms with Gasteiger partial charge in [0.25, 0.3) is 5.91 Å². The van der Waals surface area contributed by atoms with Crippen LogP contribution in [-0.4, -0.2) is 43.5 Å². The van der Waals surface area contributed by atoms with Gasteiger partial charge in [0.2, 0.25) is 0 Å². The molecule has 0 fully saturated rings. The van der Waals surface area contributed by atoms with Crippen molar-refractivity contribution in [3.63, 3.8) is 0 Å². The quantitative estimate of drug-likeness (QED) is 0.159. The zero-order chi connectivity index (χ0) is 25.1. The molecule has 2 aromatic heterocycles. The van der Waals surface area contributed by atoms with E-state index in [-0.39, 0.29) is 28.8 Å². The lowest BCUT2D eigenvalue weighted by molar-refractivity contribution is 0.0955. The van der Waals surface area contributed by atoms with Gasteiger partial charge in [-0.15, -0.1) is 0 Å². The number of hydrogen-bond acceptors (Lipinski definition) is 7. The Labute approximate surface area is 206 Å². The van der Waals surface area contributed by atoms with Crippen LogP contribution in [0, 0.1) is 0 Å². The third-order valence-corrected chi connectivity index (χ3v) is 5.79. The fourth-order valence-corrected chi connectivity index (χ4v) is 3.96. The van der Waals surface area contributed by atoms with E-state index in [1.807, 2.05) is 42.5 Å².